The summed E-state index contributed by atoms with van der Waals surface area (Å²) in [7, 11) is -0.930. The van der Waals surface area contributed by atoms with Crippen molar-refractivity contribution in [1.29, 1.82) is 0 Å². The van der Waals surface area contributed by atoms with E-state index >= 15 is 0 Å². The van der Waals surface area contributed by atoms with Crippen molar-refractivity contribution in [2.24, 2.45) is 0 Å². The summed E-state index contributed by atoms with van der Waals surface area (Å²) < 4.78 is 61.2. The standard InChI is InChI=1S/C19H23F2NO4S/c1-4-5-14-6-9-16(10-7-14)27(23,24)22(2)13-15-8-11-17(25-3)18(12-15)26-19(20)21/h6-12,19H,4-5,13H2,1-3H3. The summed E-state index contributed by atoms with van der Waals surface area (Å²) in [6, 6.07) is 11.2. The molecule has 0 radical (unpaired) electrons. The number of sulfonamides is 1. The topological polar surface area (TPSA) is 55.8 Å². The number of benzene rings is 2. The van der Waals surface area contributed by atoms with Crippen molar-refractivity contribution in [3.8, 4) is 11.5 Å². The fourth-order valence-electron chi connectivity index (χ4n) is 2.65. The summed E-state index contributed by atoms with van der Waals surface area (Å²) >= 11 is 0. The zero-order valence-corrected chi connectivity index (χ0v) is 16.3. The van der Waals surface area contributed by atoms with E-state index in [0.717, 1.165) is 22.7 Å². The van der Waals surface area contributed by atoms with Crippen LogP contribution in [0.2, 0.25) is 0 Å². The van der Waals surface area contributed by atoms with E-state index in [-0.39, 0.29) is 22.9 Å². The molecule has 0 aromatic heterocycles. The van der Waals surface area contributed by atoms with Crippen LogP contribution < -0.4 is 9.47 Å². The Morgan fingerprint density at radius 3 is 2.22 bits per heavy atom. The molecule has 2 aromatic carbocycles. The molecule has 0 aliphatic heterocycles. The van der Waals surface area contributed by atoms with Crippen molar-refractivity contribution in [2.75, 3.05) is 14.2 Å². The SMILES string of the molecule is CCCc1ccc(S(=O)(=O)N(C)Cc2ccc(OC)c(OC(F)F)c2)cc1. The summed E-state index contributed by atoms with van der Waals surface area (Å²) in [6.45, 7) is -0.945. The van der Waals surface area contributed by atoms with Gasteiger partial charge in [0, 0.05) is 13.6 Å². The van der Waals surface area contributed by atoms with E-state index in [2.05, 4.69) is 11.7 Å². The smallest absolute Gasteiger partial charge is 0.387 e. The van der Waals surface area contributed by atoms with Crippen LogP contribution in [0.4, 0.5) is 8.78 Å². The number of nitrogens with zero attached hydrogens (tertiary/aromatic N) is 1. The van der Waals surface area contributed by atoms with Crippen LogP contribution in [-0.4, -0.2) is 33.5 Å². The quantitative estimate of drug-likeness (QED) is 0.638. The monoisotopic (exact) mass is 399 g/mol. The predicted octanol–water partition coefficient (Wildman–Crippen LogP) is 4.07. The molecule has 2 aromatic rings. The first-order chi connectivity index (χ1) is 12.8. The van der Waals surface area contributed by atoms with Gasteiger partial charge in [0.15, 0.2) is 11.5 Å². The molecule has 0 aliphatic rings. The maximum absolute atomic E-state index is 12.7. The molecule has 0 bridgehead atoms. The first-order valence-corrected chi connectivity index (χ1v) is 9.89. The zero-order chi connectivity index (χ0) is 20.0. The third-order valence-electron chi connectivity index (χ3n) is 4.02. The minimum atomic E-state index is -3.71. The molecule has 0 unspecified atom stereocenters. The van der Waals surface area contributed by atoms with E-state index in [4.69, 9.17) is 4.74 Å². The van der Waals surface area contributed by atoms with E-state index in [1.54, 1.807) is 30.3 Å². The van der Waals surface area contributed by atoms with Crippen molar-refractivity contribution >= 4 is 10.0 Å². The van der Waals surface area contributed by atoms with Crippen LogP contribution in [0.25, 0.3) is 0 Å². The molecule has 27 heavy (non-hydrogen) atoms. The molecule has 0 spiro atoms. The summed E-state index contributed by atoms with van der Waals surface area (Å²) in [5.41, 5.74) is 1.57. The highest BCUT2D eigenvalue weighted by Crippen LogP contribution is 2.30. The van der Waals surface area contributed by atoms with Gasteiger partial charge in [0.05, 0.1) is 12.0 Å². The average Bonchev–Trinajstić information content (AvgIpc) is 2.62. The summed E-state index contributed by atoms with van der Waals surface area (Å²) in [6.07, 6.45) is 1.86. The number of aryl methyl sites for hydroxylation is 1. The van der Waals surface area contributed by atoms with Gasteiger partial charge in [-0.3, -0.25) is 0 Å². The minimum absolute atomic E-state index is 0.00262. The lowest BCUT2D eigenvalue weighted by molar-refractivity contribution is -0.0512. The third kappa shape index (κ3) is 5.40. The Morgan fingerprint density at radius 2 is 1.67 bits per heavy atom. The van der Waals surface area contributed by atoms with Gasteiger partial charge in [-0.15, -0.1) is 0 Å². The molecular weight excluding hydrogens is 376 g/mol. The fraction of sp³-hybridized carbons (Fsp3) is 0.368. The molecule has 0 N–H and O–H groups in total. The van der Waals surface area contributed by atoms with Gasteiger partial charge >= 0.3 is 6.61 Å². The Kier molecular flexibility index (Phi) is 7.15. The normalized spacial score (nSPS) is 11.8. The molecule has 5 nitrogen and oxygen atoms in total. The van der Waals surface area contributed by atoms with Gasteiger partial charge < -0.3 is 9.47 Å². The summed E-state index contributed by atoms with van der Waals surface area (Å²) in [4.78, 5) is 0.183. The molecule has 0 fully saturated rings. The predicted molar refractivity (Wildman–Crippen MR) is 98.7 cm³/mol. The van der Waals surface area contributed by atoms with E-state index in [1.165, 1.54) is 26.3 Å². The third-order valence-corrected chi connectivity index (χ3v) is 5.84. The van der Waals surface area contributed by atoms with Gasteiger partial charge in [-0.05, 0) is 41.8 Å². The Bertz CT molecular complexity index is 855. The van der Waals surface area contributed by atoms with Gasteiger partial charge in [0.2, 0.25) is 10.0 Å². The van der Waals surface area contributed by atoms with E-state index in [0.29, 0.717) is 5.56 Å². The first kappa shape index (κ1) is 21.1. The molecular formula is C19H23F2NO4S. The van der Waals surface area contributed by atoms with Crippen LogP contribution in [0.1, 0.15) is 24.5 Å². The highest BCUT2D eigenvalue weighted by molar-refractivity contribution is 7.89. The number of methoxy groups -OCH3 is 1. The Labute approximate surface area is 158 Å². The van der Waals surface area contributed by atoms with E-state index < -0.39 is 16.6 Å². The number of halogens is 2. The largest absolute Gasteiger partial charge is 0.493 e. The molecule has 0 saturated heterocycles. The van der Waals surface area contributed by atoms with Crippen LogP contribution in [0.15, 0.2) is 47.4 Å². The molecule has 8 heteroatoms. The highest BCUT2D eigenvalue weighted by atomic mass is 32.2. The Morgan fingerprint density at radius 1 is 1.04 bits per heavy atom. The zero-order valence-electron chi connectivity index (χ0n) is 15.5. The van der Waals surface area contributed by atoms with Crippen molar-refractivity contribution in [3.05, 3.63) is 53.6 Å². The summed E-state index contributed by atoms with van der Waals surface area (Å²) in [5.74, 6) is 0.00999. The van der Waals surface area contributed by atoms with Crippen molar-refractivity contribution in [2.45, 2.75) is 37.8 Å². The second-order valence-corrected chi connectivity index (χ2v) is 8.06. The maximum atomic E-state index is 12.7. The van der Waals surface area contributed by atoms with Crippen LogP contribution in [0.5, 0.6) is 11.5 Å². The van der Waals surface area contributed by atoms with Crippen molar-refractivity contribution in [3.63, 3.8) is 0 Å². The van der Waals surface area contributed by atoms with E-state index in [9.17, 15) is 17.2 Å². The fourth-order valence-corrected chi connectivity index (χ4v) is 3.81. The van der Waals surface area contributed by atoms with Gasteiger partial charge in [-0.1, -0.05) is 31.5 Å². The van der Waals surface area contributed by atoms with Crippen molar-refractivity contribution in [1.82, 2.24) is 4.31 Å². The molecule has 0 amide bonds. The molecule has 2 rings (SSSR count). The molecule has 0 atom stereocenters. The number of rotatable bonds is 9. The second kappa shape index (κ2) is 9.14. The van der Waals surface area contributed by atoms with Crippen LogP contribution in [0, 0.1) is 0 Å². The van der Waals surface area contributed by atoms with E-state index in [1.807, 2.05) is 0 Å². The average molecular weight is 399 g/mol. The van der Waals surface area contributed by atoms with Crippen LogP contribution >= 0.6 is 0 Å². The number of hydrogen-bond acceptors (Lipinski definition) is 4. The maximum Gasteiger partial charge on any atom is 0.387 e. The van der Waals surface area contributed by atoms with Gasteiger partial charge in [0.25, 0.3) is 0 Å². The Balaban J connectivity index is 2.20. The number of ether oxygens (including phenoxy) is 2. The van der Waals surface area contributed by atoms with Crippen LogP contribution in [-0.2, 0) is 23.0 Å². The molecule has 0 saturated carbocycles. The molecule has 0 aliphatic carbocycles. The van der Waals surface area contributed by atoms with Crippen LogP contribution in [0.3, 0.4) is 0 Å². The lowest BCUT2D eigenvalue weighted by Gasteiger charge is -2.18. The van der Waals surface area contributed by atoms with Gasteiger partial charge in [0.1, 0.15) is 0 Å². The first-order valence-electron chi connectivity index (χ1n) is 8.45. The number of alkyl halides is 2. The van der Waals surface area contributed by atoms with Gasteiger partial charge in [-0.2, -0.15) is 13.1 Å². The highest BCUT2D eigenvalue weighted by Gasteiger charge is 2.21. The lowest BCUT2D eigenvalue weighted by Crippen LogP contribution is -2.26. The van der Waals surface area contributed by atoms with Gasteiger partial charge in [-0.25, -0.2) is 8.42 Å². The number of hydrogen-bond donors (Lipinski definition) is 0. The second-order valence-electron chi connectivity index (χ2n) is 6.02. The Hall–Kier alpha value is -2.19. The molecule has 0 heterocycles. The minimum Gasteiger partial charge on any atom is -0.493 e. The molecule has 148 valence electrons. The summed E-state index contributed by atoms with van der Waals surface area (Å²) in [5, 5.41) is 0. The van der Waals surface area contributed by atoms with Crippen molar-refractivity contribution < 1.29 is 26.7 Å². The lowest BCUT2D eigenvalue weighted by atomic mass is 10.1.